The fourth-order valence-electron chi connectivity index (χ4n) is 3.12. The summed E-state index contributed by atoms with van der Waals surface area (Å²) in [6.45, 7) is 0. The van der Waals surface area contributed by atoms with E-state index in [1.165, 1.54) is 17.5 Å². The average Bonchev–Trinajstić information content (AvgIpc) is 3.24. The molecule has 0 unspecified atom stereocenters. The lowest BCUT2D eigenvalue weighted by Crippen LogP contribution is -2.14. The van der Waals surface area contributed by atoms with E-state index in [0.29, 0.717) is 6.42 Å². The highest BCUT2D eigenvalue weighted by Gasteiger charge is 2.13. The van der Waals surface area contributed by atoms with Crippen molar-refractivity contribution in [3.8, 4) is 10.6 Å². The van der Waals surface area contributed by atoms with E-state index in [1.54, 1.807) is 11.3 Å². The summed E-state index contributed by atoms with van der Waals surface area (Å²) in [5, 5.41) is 5.91. The summed E-state index contributed by atoms with van der Waals surface area (Å²) in [4.78, 5) is 16.9. The molecule has 4 heteroatoms. The average molecular weight is 334 g/mol. The van der Waals surface area contributed by atoms with E-state index in [2.05, 4.69) is 22.4 Å². The van der Waals surface area contributed by atoms with Gasteiger partial charge in [0.05, 0.1) is 12.1 Å². The lowest BCUT2D eigenvalue weighted by atomic mass is 10.1. The van der Waals surface area contributed by atoms with Crippen LogP contribution in [-0.4, -0.2) is 10.9 Å². The summed E-state index contributed by atoms with van der Waals surface area (Å²) < 4.78 is 0. The second-order valence-corrected chi connectivity index (χ2v) is 6.93. The molecule has 0 radical (unpaired) electrons. The molecule has 1 heterocycles. The van der Waals surface area contributed by atoms with Gasteiger partial charge in [0.15, 0.2) is 0 Å². The fourth-order valence-corrected chi connectivity index (χ4v) is 3.95. The van der Waals surface area contributed by atoms with Gasteiger partial charge in [-0.2, -0.15) is 0 Å². The number of aryl methyl sites for hydroxylation is 2. The summed E-state index contributed by atoms with van der Waals surface area (Å²) in [6, 6.07) is 16.3. The van der Waals surface area contributed by atoms with Gasteiger partial charge in [-0.1, -0.05) is 36.4 Å². The van der Waals surface area contributed by atoms with Crippen molar-refractivity contribution >= 4 is 22.9 Å². The second-order valence-electron chi connectivity index (χ2n) is 6.07. The number of thiazole rings is 1. The molecule has 3 aromatic rings. The van der Waals surface area contributed by atoms with E-state index in [4.69, 9.17) is 0 Å². The summed E-state index contributed by atoms with van der Waals surface area (Å²) in [5.74, 6) is -0.0159. The molecule has 1 aromatic heterocycles. The lowest BCUT2D eigenvalue weighted by molar-refractivity contribution is -0.115. The van der Waals surface area contributed by atoms with E-state index < -0.39 is 0 Å². The molecule has 120 valence electrons. The van der Waals surface area contributed by atoms with Crippen molar-refractivity contribution in [1.29, 1.82) is 0 Å². The van der Waals surface area contributed by atoms with Gasteiger partial charge in [0.1, 0.15) is 5.01 Å². The molecule has 3 nitrogen and oxygen atoms in total. The molecule has 1 N–H and O–H groups in total. The Morgan fingerprint density at radius 3 is 2.79 bits per heavy atom. The van der Waals surface area contributed by atoms with Crippen LogP contribution in [0.2, 0.25) is 0 Å². The number of nitrogens with one attached hydrogen (secondary N) is 1. The van der Waals surface area contributed by atoms with Gasteiger partial charge in [-0.15, -0.1) is 11.3 Å². The van der Waals surface area contributed by atoms with Crippen LogP contribution in [0.4, 0.5) is 5.69 Å². The minimum absolute atomic E-state index is 0.0159. The standard InChI is InChI=1S/C20H18N2OS/c23-19(21-17-10-9-14-7-4-8-16(14)11-17)12-18-13-24-20(22-18)15-5-2-1-3-6-15/h1-3,5-6,9-11,13H,4,7-8,12H2,(H,21,23). The highest BCUT2D eigenvalue weighted by molar-refractivity contribution is 7.13. The Labute approximate surface area is 145 Å². The topological polar surface area (TPSA) is 42.0 Å². The minimum atomic E-state index is -0.0159. The smallest absolute Gasteiger partial charge is 0.230 e. The maximum Gasteiger partial charge on any atom is 0.230 e. The lowest BCUT2D eigenvalue weighted by Gasteiger charge is -2.06. The Morgan fingerprint density at radius 1 is 1.08 bits per heavy atom. The van der Waals surface area contributed by atoms with E-state index >= 15 is 0 Å². The maximum absolute atomic E-state index is 12.3. The van der Waals surface area contributed by atoms with Crippen LogP contribution in [0.25, 0.3) is 10.6 Å². The van der Waals surface area contributed by atoms with Crippen molar-refractivity contribution < 1.29 is 4.79 Å². The van der Waals surface area contributed by atoms with Crippen molar-refractivity contribution in [2.45, 2.75) is 25.7 Å². The molecule has 0 spiro atoms. The Balaban J connectivity index is 1.42. The normalized spacial score (nSPS) is 12.8. The van der Waals surface area contributed by atoms with Crippen molar-refractivity contribution in [2.75, 3.05) is 5.32 Å². The number of benzene rings is 2. The van der Waals surface area contributed by atoms with E-state index in [-0.39, 0.29) is 5.91 Å². The molecular weight excluding hydrogens is 316 g/mol. The number of anilines is 1. The zero-order chi connectivity index (χ0) is 16.4. The molecular formula is C20H18N2OS. The van der Waals surface area contributed by atoms with Crippen molar-refractivity contribution in [2.24, 2.45) is 0 Å². The van der Waals surface area contributed by atoms with Crippen LogP contribution < -0.4 is 5.32 Å². The molecule has 1 aliphatic carbocycles. The van der Waals surface area contributed by atoms with Gasteiger partial charge in [0, 0.05) is 16.6 Å². The monoisotopic (exact) mass is 334 g/mol. The van der Waals surface area contributed by atoms with Gasteiger partial charge >= 0.3 is 0 Å². The van der Waals surface area contributed by atoms with E-state index in [1.807, 2.05) is 41.8 Å². The SMILES string of the molecule is O=C(Cc1csc(-c2ccccc2)n1)Nc1ccc2c(c1)CCC2. The van der Waals surface area contributed by atoms with Crippen LogP contribution in [0.15, 0.2) is 53.9 Å². The molecule has 0 aliphatic heterocycles. The Kier molecular flexibility index (Phi) is 4.13. The van der Waals surface area contributed by atoms with Crippen molar-refractivity contribution in [3.63, 3.8) is 0 Å². The first-order valence-corrected chi connectivity index (χ1v) is 9.07. The van der Waals surface area contributed by atoms with Crippen LogP contribution in [0.5, 0.6) is 0 Å². The third kappa shape index (κ3) is 3.24. The zero-order valence-electron chi connectivity index (χ0n) is 13.3. The van der Waals surface area contributed by atoms with E-state index in [0.717, 1.165) is 34.8 Å². The Bertz CT molecular complexity index is 870. The molecule has 2 aromatic carbocycles. The fraction of sp³-hybridized carbons (Fsp3) is 0.200. The van der Waals surface area contributed by atoms with Crippen LogP contribution in [-0.2, 0) is 24.1 Å². The maximum atomic E-state index is 12.3. The summed E-state index contributed by atoms with van der Waals surface area (Å²) in [6.07, 6.45) is 3.80. The van der Waals surface area contributed by atoms with Gasteiger partial charge in [-0.25, -0.2) is 4.98 Å². The van der Waals surface area contributed by atoms with Crippen LogP contribution in [0.1, 0.15) is 23.2 Å². The molecule has 1 amide bonds. The second kappa shape index (κ2) is 6.57. The third-order valence-corrected chi connectivity index (χ3v) is 5.24. The summed E-state index contributed by atoms with van der Waals surface area (Å²) in [7, 11) is 0. The van der Waals surface area contributed by atoms with Gasteiger partial charge in [0.2, 0.25) is 5.91 Å². The molecule has 24 heavy (non-hydrogen) atoms. The number of aromatic nitrogens is 1. The molecule has 0 atom stereocenters. The molecule has 0 saturated carbocycles. The first kappa shape index (κ1) is 15.1. The number of hydrogen-bond donors (Lipinski definition) is 1. The predicted octanol–water partition coefficient (Wildman–Crippen LogP) is 4.48. The Morgan fingerprint density at radius 2 is 1.92 bits per heavy atom. The minimum Gasteiger partial charge on any atom is -0.326 e. The number of hydrogen-bond acceptors (Lipinski definition) is 3. The molecule has 0 fully saturated rings. The Hall–Kier alpha value is -2.46. The van der Waals surface area contributed by atoms with Crippen LogP contribution >= 0.6 is 11.3 Å². The highest BCUT2D eigenvalue weighted by atomic mass is 32.1. The quantitative estimate of drug-likeness (QED) is 0.764. The van der Waals surface area contributed by atoms with Gasteiger partial charge in [-0.3, -0.25) is 4.79 Å². The largest absolute Gasteiger partial charge is 0.326 e. The van der Waals surface area contributed by atoms with Crippen LogP contribution in [0, 0.1) is 0 Å². The number of carbonyl (C=O) groups is 1. The summed E-state index contributed by atoms with van der Waals surface area (Å²) >= 11 is 1.58. The van der Waals surface area contributed by atoms with Gasteiger partial charge < -0.3 is 5.32 Å². The molecule has 4 rings (SSSR count). The van der Waals surface area contributed by atoms with Crippen molar-refractivity contribution in [3.05, 3.63) is 70.7 Å². The van der Waals surface area contributed by atoms with Gasteiger partial charge in [-0.05, 0) is 42.5 Å². The number of nitrogens with zero attached hydrogens (tertiary/aromatic N) is 1. The number of fused-ring (bicyclic) bond motifs is 1. The zero-order valence-corrected chi connectivity index (χ0v) is 14.1. The van der Waals surface area contributed by atoms with E-state index in [9.17, 15) is 4.79 Å². The highest BCUT2D eigenvalue weighted by Crippen LogP contribution is 2.26. The third-order valence-electron chi connectivity index (χ3n) is 4.30. The predicted molar refractivity (Wildman–Crippen MR) is 98.4 cm³/mol. The van der Waals surface area contributed by atoms with Gasteiger partial charge in [0.25, 0.3) is 0 Å². The van der Waals surface area contributed by atoms with Crippen molar-refractivity contribution in [1.82, 2.24) is 4.98 Å². The molecule has 0 saturated heterocycles. The molecule has 0 bridgehead atoms. The number of amides is 1. The first-order chi connectivity index (χ1) is 11.8. The molecule has 1 aliphatic rings. The first-order valence-electron chi connectivity index (χ1n) is 8.19. The number of rotatable bonds is 4. The summed E-state index contributed by atoms with van der Waals surface area (Å²) in [5.41, 5.74) is 5.58. The number of carbonyl (C=O) groups excluding carboxylic acids is 1. The van der Waals surface area contributed by atoms with Crippen LogP contribution in [0.3, 0.4) is 0 Å².